The molecule has 188 valence electrons. The lowest BCUT2D eigenvalue weighted by Gasteiger charge is -2.11. The molecule has 0 atom stereocenters. The fourth-order valence-corrected chi connectivity index (χ4v) is 3.25. The largest absolute Gasteiger partial charge is 0.504 e. The Hall–Kier alpha value is -5.26. The molecule has 1 heterocycles. The van der Waals surface area contributed by atoms with Gasteiger partial charge in [-0.25, -0.2) is 5.43 Å². The van der Waals surface area contributed by atoms with Crippen molar-refractivity contribution in [1.82, 2.24) is 15.0 Å². The van der Waals surface area contributed by atoms with Crippen LogP contribution in [-0.4, -0.2) is 38.3 Å². The third kappa shape index (κ3) is 6.25. The van der Waals surface area contributed by atoms with Crippen LogP contribution in [0.1, 0.15) is 16.7 Å². The first-order chi connectivity index (χ1) is 17.8. The number of non-ortho nitro benzene ring substituents is 1. The highest BCUT2D eigenvalue weighted by atomic mass is 16.6. The molecule has 1 aromatic heterocycles. The Labute approximate surface area is 212 Å². The average Bonchev–Trinajstić information content (AvgIpc) is 2.87. The number of nitrogens with one attached hydrogen (secondary N) is 3. The molecule has 0 fully saturated rings. The zero-order valence-corrected chi connectivity index (χ0v) is 20.3. The van der Waals surface area contributed by atoms with Crippen molar-refractivity contribution in [3.63, 3.8) is 0 Å². The number of hydrazone groups is 1. The predicted molar refractivity (Wildman–Crippen MR) is 141 cm³/mol. The lowest BCUT2D eigenvalue weighted by Crippen LogP contribution is -2.07. The van der Waals surface area contributed by atoms with E-state index < -0.39 is 4.92 Å². The van der Waals surface area contributed by atoms with Gasteiger partial charge < -0.3 is 20.5 Å². The maximum absolute atomic E-state index is 10.9. The van der Waals surface area contributed by atoms with E-state index in [-0.39, 0.29) is 29.3 Å². The van der Waals surface area contributed by atoms with Gasteiger partial charge in [-0.2, -0.15) is 20.1 Å². The number of nitro groups is 1. The van der Waals surface area contributed by atoms with Crippen molar-refractivity contribution in [2.75, 3.05) is 23.2 Å². The smallest absolute Gasteiger partial charge is 0.269 e. The van der Waals surface area contributed by atoms with Crippen LogP contribution in [0, 0.1) is 24.0 Å². The molecule has 4 rings (SSSR count). The number of phenolic OH excluding ortho intramolecular Hbond substituents is 1. The fraction of sp³-hybridized carbons (Fsp3) is 0.120. The Morgan fingerprint density at radius 2 is 1.57 bits per heavy atom. The van der Waals surface area contributed by atoms with Gasteiger partial charge in [0.1, 0.15) is 0 Å². The average molecular weight is 501 g/mol. The lowest BCUT2D eigenvalue weighted by atomic mass is 10.1. The molecule has 0 aliphatic heterocycles. The van der Waals surface area contributed by atoms with Gasteiger partial charge in [0.25, 0.3) is 5.69 Å². The van der Waals surface area contributed by atoms with Crippen molar-refractivity contribution in [2.45, 2.75) is 13.8 Å². The van der Waals surface area contributed by atoms with Crippen LogP contribution in [0.15, 0.2) is 65.8 Å². The third-order valence-corrected chi connectivity index (χ3v) is 5.35. The number of nitro benzene ring substituents is 1. The molecular formula is C25H24N8O4. The maximum Gasteiger partial charge on any atom is 0.269 e. The van der Waals surface area contributed by atoms with E-state index in [9.17, 15) is 15.2 Å². The van der Waals surface area contributed by atoms with Gasteiger partial charge in [-0.05, 0) is 61.4 Å². The van der Waals surface area contributed by atoms with Crippen LogP contribution in [0.5, 0.6) is 11.5 Å². The number of para-hydroxylation sites is 1. The Balaban J connectivity index is 1.61. The second-order valence-corrected chi connectivity index (χ2v) is 7.93. The van der Waals surface area contributed by atoms with E-state index in [1.54, 1.807) is 30.3 Å². The molecule has 0 radical (unpaired) electrons. The number of nitrogens with zero attached hydrogens (tertiary/aromatic N) is 5. The molecule has 0 spiro atoms. The van der Waals surface area contributed by atoms with Gasteiger partial charge >= 0.3 is 0 Å². The summed E-state index contributed by atoms with van der Waals surface area (Å²) in [7, 11) is 1.46. The van der Waals surface area contributed by atoms with Crippen LogP contribution >= 0.6 is 0 Å². The normalized spacial score (nSPS) is 10.8. The summed E-state index contributed by atoms with van der Waals surface area (Å²) in [5, 5.41) is 31.5. The van der Waals surface area contributed by atoms with Gasteiger partial charge in [0, 0.05) is 29.1 Å². The van der Waals surface area contributed by atoms with Crippen LogP contribution in [0.2, 0.25) is 0 Å². The molecule has 0 aliphatic carbocycles. The molecule has 3 aromatic carbocycles. The number of aryl methyl sites for hydroxylation is 2. The van der Waals surface area contributed by atoms with E-state index in [2.05, 4.69) is 36.1 Å². The molecule has 0 aliphatic rings. The second-order valence-electron chi connectivity index (χ2n) is 7.93. The number of benzene rings is 3. The minimum Gasteiger partial charge on any atom is -0.504 e. The molecule has 12 heteroatoms. The van der Waals surface area contributed by atoms with Crippen LogP contribution in [0.4, 0.5) is 34.9 Å². The Bertz CT molecular complexity index is 1460. The molecule has 0 bridgehead atoms. The quantitative estimate of drug-likeness (QED) is 0.139. The van der Waals surface area contributed by atoms with Gasteiger partial charge in [0.15, 0.2) is 11.5 Å². The van der Waals surface area contributed by atoms with E-state index in [0.29, 0.717) is 17.0 Å². The molecular weight excluding hydrogens is 476 g/mol. The highest BCUT2D eigenvalue weighted by molar-refractivity contribution is 5.85. The first kappa shape index (κ1) is 24.9. The van der Waals surface area contributed by atoms with Crippen molar-refractivity contribution in [2.24, 2.45) is 5.10 Å². The van der Waals surface area contributed by atoms with Crippen molar-refractivity contribution in [1.29, 1.82) is 0 Å². The molecule has 0 saturated carbocycles. The zero-order chi connectivity index (χ0) is 26.4. The summed E-state index contributed by atoms with van der Waals surface area (Å²) >= 11 is 0. The van der Waals surface area contributed by atoms with E-state index in [1.807, 2.05) is 32.0 Å². The molecule has 0 saturated heterocycles. The Morgan fingerprint density at radius 1 is 0.919 bits per heavy atom. The fourth-order valence-electron chi connectivity index (χ4n) is 3.25. The van der Waals surface area contributed by atoms with Gasteiger partial charge in [-0.1, -0.05) is 12.1 Å². The number of anilines is 5. The zero-order valence-electron chi connectivity index (χ0n) is 20.3. The van der Waals surface area contributed by atoms with E-state index in [4.69, 9.17) is 4.74 Å². The topological polar surface area (TPSA) is 160 Å². The van der Waals surface area contributed by atoms with E-state index in [1.165, 1.54) is 25.5 Å². The summed E-state index contributed by atoms with van der Waals surface area (Å²) in [6, 6.07) is 16.7. The number of ether oxygens (including phenoxy) is 1. The molecule has 4 aromatic rings. The van der Waals surface area contributed by atoms with Gasteiger partial charge in [0.05, 0.1) is 18.2 Å². The SMILES string of the molecule is COc1cccc(C=NNc2nc(Nc3ccc([N+](=O)[O-])cc3)nc(Nc3ccc(C)c(C)c3)n2)c1O. The molecule has 4 N–H and O–H groups in total. The summed E-state index contributed by atoms with van der Waals surface area (Å²) in [5.41, 5.74) is 6.72. The number of aromatic nitrogens is 3. The first-order valence-corrected chi connectivity index (χ1v) is 11.1. The minimum absolute atomic E-state index is 0.0317. The summed E-state index contributed by atoms with van der Waals surface area (Å²) in [5.74, 6) is 0.800. The maximum atomic E-state index is 10.9. The molecule has 12 nitrogen and oxygen atoms in total. The number of rotatable bonds is 9. The van der Waals surface area contributed by atoms with Crippen LogP contribution in [0.25, 0.3) is 0 Å². The third-order valence-electron chi connectivity index (χ3n) is 5.35. The second kappa shape index (κ2) is 11.0. The van der Waals surface area contributed by atoms with Crippen molar-refractivity contribution in [3.8, 4) is 11.5 Å². The Morgan fingerprint density at radius 3 is 2.22 bits per heavy atom. The lowest BCUT2D eigenvalue weighted by molar-refractivity contribution is -0.384. The standard InChI is InChI=1S/C25H24N8O4/c1-15-7-8-19(13-16(15)2)28-24-29-23(27-18-9-11-20(12-10-18)33(35)36)30-25(31-24)32-26-14-17-5-4-6-21(37-3)22(17)34/h4-14,34H,1-3H3,(H3,27,28,29,30,31,32). The van der Waals surface area contributed by atoms with Crippen LogP contribution < -0.4 is 20.8 Å². The van der Waals surface area contributed by atoms with Gasteiger partial charge in [0.2, 0.25) is 17.8 Å². The number of methoxy groups -OCH3 is 1. The summed E-state index contributed by atoms with van der Waals surface area (Å²) in [6.45, 7) is 4.03. The Kier molecular flexibility index (Phi) is 7.38. The summed E-state index contributed by atoms with van der Waals surface area (Å²) < 4.78 is 5.11. The number of hydrogen-bond donors (Lipinski definition) is 4. The first-order valence-electron chi connectivity index (χ1n) is 11.1. The monoisotopic (exact) mass is 500 g/mol. The number of hydrogen-bond acceptors (Lipinski definition) is 11. The number of aromatic hydroxyl groups is 1. The van der Waals surface area contributed by atoms with E-state index >= 15 is 0 Å². The predicted octanol–water partition coefficient (Wildman–Crippen LogP) is 5.04. The van der Waals surface area contributed by atoms with Gasteiger partial charge in [-0.3, -0.25) is 10.1 Å². The van der Waals surface area contributed by atoms with Gasteiger partial charge in [-0.15, -0.1) is 0 Å². The number of phenols is 1. The minimum atomic E-state index is -0.474. The van der Waals surface area contributed by atoms with Crippen molar-refractivity contribution < 1.29 is 14.8 Å². The molecule has 37 heavy (non-hydrogen) atoms. The highest BCUT2D eigenvalue weighted by Crippen LogP contribution is 2.28. The molecule has 0 amide bonds. The molecule has 0 unspecified atom stereocenters. The van der Waals surface area contributed by atoms with Crippen LogP contribution in [0.3, 0.4) is 0 Å². The summed E-state index contributed by atoms with van der Waals surface area (Å²) in [4.78, 5) is 23.6. The highest BCUT2D eigenvalue weighted by Gasteiger charge is 2.10. The van der Waals surface area contributed by atoms with Crippen molar-refractivity contribution in [3.05, 3.63) is 87.5 Å². The van der Waals surface area contributed by atoms with Crippen LogP contribution in [-0.2, 0) is 0 Å². The van der Waals surface area contributed by atoms with E-state index in [0.717, 1.165) is 16.8 Å². The summed E-state index contributed by atoms with van der Waals surface area (Å²) in [6.07, 6.45) is 1.40. The van der Waals surface area contributed by atoms with Crippen molar-refractivity contribution >= 4 is 41.1 Å².